The maximum atomic E-state index is 13.6. The van der Waals surface area contributed by atoms with Crippen molar-refractivity contribution in [1.29, 1.82) is 0 Å². The molecule has 5 heteroatoms. The van der Waals surface area contributed by atoms with E-state index in [1.807, 2.05) is 0 Å². The number of hydrogen-bond donors (Lipinski definition) is 2. The number of carboxylic acid groups (broad SMARTS) is 1. The van der Waals surface area contributed by atoms with Crippen molar-refractivity contribution >= 4 is 17.6 Å². The number of aliphatic carboxylic acids is 1. The summed E-state index contributed by atoms with van der Waals surface area (Å²) in [6.45, 7) is 0.450. The van der Waals surface area contributed by atoms with Crippen molar-refractivity contribution < 1.29 is 14.3 Å². The Hall–Kier alpha value is -1.13. The Labute approximate surface area is 116 Å². The lowest BCUT2D eigenvalue weighted by atomic mass is 9.86. The van der Waals surface area contributed by atoms with Gasteiger partial charge in [-0.25, -0.2) is 4.39 Å². The van der Waals surface area contributed by atoms with Crippen LogP contribution in [0.15, 0.2) is 18.2 Å². The van der Waals surface area contributed by atoms with Crippen molar-refractivity contribution in [1.82, 2.24) is 5.32 Å². The molecule has 0 aromatic heterocycles. The van der Waals surface area contributed by atoms with Gasteiger partial charge in [-0.1, -0.05) is 17.7 Å². The summed E-state index contributed by atoms with van der Waals surface area (Å²) in [5.74, 6) is -1.23. The van der Waals surface area contributed by atoms with Gasteiger partial charge in [0.05, 0.1) is 5.92 Å². The largest absolute Gasteiger partial charge is 0.481 e. The fourth-order valence-corrected chi connectivity index (χ4v) is 2.62. The van der Waals surface area contributed by atoms with Gasteiger partial charge in [0.2, 0.25) is 0 Å². The number of benzene rings is 1. The van der Waals surface area contributed by atoms with Crippen molar-refractivity contribution in [2.45, 2.75) is 38.3 Å². The van der Waals surface area contributed by atoms with Gasteiger partial charge in [0.15, 0.2) is 0 Å². The molecule has 0 aliphatic heterocycles. The third kappa shape index (κ3) is 3.91. The highest BCUT2D eigenvalue weighted by molar-refractivity contribution is 6.30. The highest BCUT2D eigenvalue weighted by atomic mass is 35.5. The van der Waals surface area contributed by atoms with Gasteiger partial charge in [0.25, 0.3) is 0 Å². The first kappa shape index (κ1) is 14.3. The van der Waals surface area contributed by atoms with Crippen LogP contribution in [-0.2, 0) is 11.3 Å². The van der Waals surface area contributed by atoms with Crippen LogP contribution in [0.1, 0.15) is 31.2 Å². The van der Waals surface area contributed by atoms with E-state index in [4.69, 9.17) is 16.7 Å². The van der Waals surface area contributed by atoms with Crippen molar-refractivity contribution in [3.63, 3.8) is 0 Å². The number of hydrogen-bond acceptors (Lipinski definition) is 2. The van der Waals surface area contributed by atoms with E-state index in [-0.39, 0.29) is 17.8 Å². The molecule has 19 heavy (non-hydrogen) atoms. The molecule has 0 amide bonds. The van der Waals surface area contributed by atoms with Crippen LogP contribution in [0, 0.1) is 11.7 Å². The zero-order chi connectivity index (χ0) is 13.8. The van der Waals surface area contributed by atoms with E-state index >= 15 is 0 Å². The molecule has 3 nitrogen and oxygen atoms in total. The van der Waals surface area contributed by atoms with Gasteiger partial charge in [-0.15, -0.1) is 0 Å². The molecular weight excluding hydrogens is 269 g/mol. The molecule has 0 bridgehead atoms. The van der Waals surface area contributed by atoms with E-state index in [1.54, 1.807) is 12.1 Å². The summed E-state index contributed by atoms with van der Waals surface area (Å²) in [5, 5.41) is 12.6. The van der Waals surface area contributed by atoms with E-state index in [2.05, 4.69) is 5.32 Å². The van der Waals surface area contributed by atoms with Gasteiger partial charge in [-0.05, 0) is 37.8 Å². The smallest absolute Gasteiger partial charge is 0.306 e. The molecule has 1 aliphatic carbocycles. The minimum absolute atomic E-state index is 0.217. The lowest BCUT2D eigenvalue weighted by Crippen LogP contribution is -2.34. The first-order chi connectivity index (χ1) is 9.06. The number of carbonyl (C=O) groups is 1. The fourth-order valence-electron chi connectivity index (χ4n) is 2.46. The Morgan fingerprint density at radius 3 is 2.63 bits per heavy atom. The first-order valence-corrected chi connectivity index (χ1v) is 6.84. The fraction of sp³-hybridized carbons (Fsp3) is 0.500. The highest BCUT2D eigenvalue weighted by Crippen LogP contribution is 2.25. The van der Waals surface area contributed by atoms with Crippen LogP contribution in [0.25, 0.3) is 0 Å². The van der Waals surface area contributed by atoms with E-state index in [0.717, 1.165) is 12.8 Å². The molecule has 1 fully saturated rings. The summed E-state index contributed by atoms with van der Waals surface area (Å²) < 4.78 is 13.6. The number of nitrogens with one attached hydrogen (secondary N) is 1. The number of halogens is 2. The van der Waals surface area contributed by atoms with Crippen LogP contribution in [0.5, 0.6) is 0 Å². The topological polar surface area (TPSA) is 49.3 Å². The van der Waals surface area contributed by atoms with Crippen LogP contribution in [0.3, 0.4) is 0 Å². The van der Waals surface area contributed by atoms with Gasteiger partial charge >= 0.3 is 5.97 Å². The second-order valence-corrected chi connectivity index (χ2v) is 5.44. The maximum absolute atomic E-state index is 13.6. The molecule has 2 N–H and O–H groups in total. The minimum Gasteiger partial charge on any atom is -0.481 e. The molecule has 0 unspecified atom stereocenters. The van der Waals surface area contributed by atoms with E-state index in [0.29, 0.717) is 30.0 Å². The molecule has 0 heterocycles. The molecule has 0 saturated heterocycles. The van der Waals surface area contributed by atoms with E-state index < -0.39 is 5.97 Å². The summed E-state index contributed by atoms with van der Waals surface area (Å²) in [4.78, 5) is 10.8. The third-order valence-electron chi connectivity index (χ3n) is 3.67. The summed E-state index contributed by atoms with van der Waals surface area (Å²) >= 11 is 5.70. The average Bonchev–Trinajstić information content (AvgIpc) is 2.38. The van der Waals surface area contributed by atoms with Gasteiger partial charge < -0.3 is 10.4 Å². The van der Waals surface area contributed by atoms with Gasteiger partial charge in [-0.3, -0.25) is 4.79 Å². The van der Waals surface area contributed by atoms with Crippen molar-refractivity contribution in [3.05, 3.63) is 34.6 Å². The minimum atomic E-state index is -0.706. The Kier molecular flexibility index (Phi) is 4.77. The second kappa shape index (κ2) is 6.35. The molecule has 1 aliphatic rings. The molecule has 1 saturated carbocycles. The quantitative estimate of drug-likeness (QED) is 0.893. The lowest BCUT2D eigenvalue weighted by Gasteiger charge is -2.27. The van der Waals surface area contributed by atoms with Crippen LogP contribution >= 0.6 is 11.6 Å². The van der Waals surface area contributed by atoms with Crippen LogP contribution in [0.2, 0.25) is 5.02 Å². The van der Waals surface area contributed by atoms with Crippen LogP contribution in [0.4, 0.5) is 4.39 Å². The Morgan fingerprint density at radius 1 is 1.37 bits per heavy atom. The van der Waals surface area contributed by atoms with Crippen molar-refractivity contribution in [2.24, 2.45) is 5.92 Å². The summed E-state index contributed by atoms with van der Waals surface area (Å²) in [7, 11) is 0. The van der Waals surface area contributed by atoms with Gasteiger partial charge in [-0.2, -0.15) is 0 Å². The lowest BCUT2D eigenvalue weighted by molar-refractivity contribution is -0.142. The molecule has 0 radical (unpaired) electrons. The molecule has 0 atom stereocenters. The summed E-state index contributed by atoms with van der Waals surface area (Å²) in [6.07, 6.45) is 3.03. The molecule has 1 aromatic rings. The molecule has 104 valence electrons. The van der Waals surface area contributed by atoms with Gasteiger partial charge in [0.1, 0.15) is 5.82 Å². The normalized spacial score (nSPS) is 23.3. The molecular formula is C14H17ClFNO2. The Bertz CT molecular complexity index is 459. The number of rotatable bonds is 4. The standard InChI is InChI=1S/C14H17ClFNO2/c15-11-4-1-10(13(16)7-11)8-17-12-5-2-9(3-6-12)14(18)19/h1,4,7,9,12,17H,2-3,5-6,8H2,(H,18,19). The maximum Gasteiger partial charge on any atom is 0.306 e. The second-order valence-electron chi connectivity index (χ2n) is 5.00. The van der Waals surface area contributed by atoms with Crippen LogP contribution in [-0.4, -0.2) is 17.1 Å². The Balaban J connectivity index is 1.82. The summed E-state index contributed by atoms with van der Waals surface area (Å²) in [6, 6.07) is 4.92. The molecule has 1 aromatic carbocycles. The van der Waals surface area contributed by atoms with E-state index in [9.17, 15) is 9.18 Å². The predicted octanol–water partition coefficient (Wildman–Crippen LogP) is 3.21. The first-order valence-electron chi connectivity index (χ1n) is 6.46. The average molecular weight is 286 g/mol. The van der Waals surface area contributed by atoms with Crippen LogP contribution < -0.4 is 5.32 Å². The SMILES string of the molecule is O=C(O)C1CCC(NCc2ccc(Cl)cc2F)CC1. The zero-order valence-electron chi connectivity index (χ0n) is 10.5. The van der Waals surface area contributed by atoms with Gasteiger partial charge in [0, 0.05) is 23.2 Å². The predicted molar refractivity (Wildman–Crippen MR) is 71.6 cm³/mol. The molecule has 0 spiro atoms. The number of carboxylic acids is 1. The molecule has 2 rings (SSSR count). The van der Waals surface area contributed by atoms with Crippen molar-refractivity contribution in [2.75, 3.05) is 0 Å². The van der Waals surface area contributed by atoms with E-state index in [1.165, 1.54) is 6.07 Å². The van der Waals surface area contributed by atoms with Crippen molar-refractivity contribution in [3.8, 4) is 0 Å². The highest BCUT2D eigenvalue weighted by Gasteiger charge is 2.25. The zero-order valence-corrected chi connectivity index (χ0v) is 11.3. The third-order valence-corrected chi connectivity index (χ3v) is 3.91. The Morgan fingerprint density at radius 2 is 2.05 bits per heavy atom. The summed E-state index contributed by atoms with van der Waals surface area (Å²) in [5.41, 5.74) is 0.588. The monoisotopic (exact) mass is 285 g/mol.